The second-order valence-corrected chi connectivity index (χ2v) is 4.81. The average Bonchev–Trinajstić information content (AvgIpc) is 2.48. The van der Waals surface area contributed by atoms with E-state index in [1.165, 1.54) is 24.3 Å². The second-order valence-electron chi connectivity index (χ2n) is 4.81. The number of carbonyl (C=O) groups is 2. The second kappa shape index (κ2) is 6.71. The Bertz CT molecular complexity index is 669. The van der Waals surface area contributed by atoms with E-state index >= 15 is 0 Å². The molecule has 0 saturated carbocycles. The zero-order chi connectivity index (χ0) is 16.1. The summed E-state index contributed by atoms with van der Waals surface area (Å²) in [5, 5.41) is 5.38. The minimum Gasteiger partial charge on any atom is -0.366 e. The van der Waals surface area contributed by atoms with Crippen LogP contribution >= 0.6 is 0 Å². The summed E-state index contributed by atoms with van der Waals surface area (Å²) in [6, 6.07) is 11.5. The van der Waals surface area contributed by atoms with Gasteiger partial charge in [0.2, 0.25) is 5.91 Å². The topological polar surface area (TPSA) is 84.2 Å². The van der Waals surface area contributed by atoms with Gasteiger partial charge in [-0.1, -0.05) is 12.1 Å². The van der Waals surface area contributed by atoms with Crippen LogP contribution < -0.4 is 16.4 Å². The van der Waals surface area contributed by atoms with Gasteiger partial charge in [-0.2, -0.15) is 0 Å². The highest BCUT2D eigenvalue weighted by atomic mass is 19.1. The molecule has 0 spiro atoms. The Morgan fingerprint density at radius 3 is 2.18 bits per heavy atom. The average molecular weight is 301 g/mol. The molecule has 0 radical (unpaired) electrons. The van der Waals surface area contributed by atoms with Crippen LogP contribution in [0.2, 0.25) is 0 Å². The molecule has 2 rings (SSSR count). The van der Waals surface area contributed by atoms with Crippen molar-refractivity contribution < 1.29 is 14.0 Å². The molecule has 22 heavy (non-hydrogen) atoms. The molecule has 0 aliphatic carbocycles. The summed E-state index contributed by atoms with van der Waals surface area (Å²) >= 11 is 0. The van der Waals surface area contributed by atoms with Crippen molar-refractivity contribution in [1.29, 1.82) is 0 Å². The van der Waals surface area contributed by atoms with Crippen LogP contribution in [0, 0.1) is 5.82 Å². The lowest BCUT2D eigenvalue weighted by Gasteiger charge is -2.15. The summed E-state index contributed by atoms with van der Waals surface area (Å²) in [5.74, 6) is -0.851. The van der Waals surface area contributed by atoms with Crippen molar-refractivity contribution >= 4 is 17.6 Å². The fraction of sp³-hybridized carbons (Fsp3) is 0.125. The van der Waals surface area contributed by atoms with Crippen molar-refractivity contribution in [1.82, 2.24) is 5.32 Å². The Labute approximate surface area is 127 Å². The van der Waals surface area contributed by atoms with Gasteiger partial charge in [0.05, 0.1) is 6.04 Å². The summed E-state index contributed by atoms with van der Waals surface area (Å²) in [6.45, 7) is 1.79. The molecule has 3 amide bonds. The number of amides is 3. The molecule has 0 bridgehead atoms. The van der Waals surface area contributed by atoms with Gasteiger partial charge in [0.1, 0.15) is 5.82 Å². The van der Waals surface area contributed by atoms with Gasteiger partial charge in [-0.05, 0) is 48.9 Å². The first-order valence-electron chi connectivity index (χ1n) is 6.68. The monoisotopic (exact) mass is 301 g/mol. The lowest BCUT2D eigenvalue weighted by Crippen LogP contribution is -2.31. The first-order chi connectivity index (χ1) is 10.5. The third-order valence-electron chi connectivity index (χ3n) is 3.14. The van der Waals surface area contributed by atoms with E-state index in [4.69, 9.17) is 5.73 Å². The van der Waals surface area contributed by atoms with Gasteiger partial charge < -0.3 is 16.4 Å². The largest absolute Gasteiger partial charge is 0.366 e. The van der Waals surface area contributed by atoms with Crippen LogP contribution in [0.25, 0.3) is 0 Å². The molecule has 0 fully saturated rings. The van der Waals surface area contributed by atoms with Crippen LogP contribution in [0.15, 0.2) is 48.5 Å². The van der Waals surface area contributed by atoms with E-state index in [9.17, 15) is 14.0 Å². The first kappa shape index (κ1) is 15.5. The number of hydrogen-bond donors (Lipinski definition) is 3. The van der Waals surface area contributed by atoms with Crippen molar-refractivity contribution in [3.63, 3.8) is 0 Å². The van der Waals surface area contributed by atoms with E-state index in [1.807, 2.05) is 0 Å². The number of urea groups is 1. The highest BCUT2D eigenvalue weighted by Crippen LogP contribution is 2.14. The van der Waals surface area contributed by atoms with Crippen LogP contribution in [0.1, 0.15) is 28.9 Å². The van der Waals surface area contributed by atoms with E-state index in [0.29, 0.717) is 11.3 Å². The number of nitrogens with one attached hydrogen (secondary N) is 2. The normalized spacial score (nSPS) is 11.5. The van der Waals surface area contributed by atoms with Gasteiger partial charge in [-0.3, -0.25) is 4.79 Å². The van der Waals surface area contributed by atoms with Gasteiger partial charge >= 0.3 is 6.03 Å². The molecule has 0 aromatic heterocycles. The summed E-state index contributed by atoms with van der Waals surface area (Å²) in [5.41, 5.74) is 6.84. The molecule has 114 valence electrons. The number of hydrogen-bond acceptors (Lipinski definition) is 2. The Kier molecular flexibility index (Phi) is 4.73. The highest BCUT2D eigenvalue weighted by molar-refractivity contribution is 5.94. The van der Waals surface area contributed by atoms with Gasteiger partial charge in [0, 0.05) is 11.3 Å². The third-order valence-corrected chi connectivity index (χ3v) is 3.14. The van der Waals surface area contributed by atoms with Crippen LogP contribution in [-0.2, 0) is 0 Å². The minimum atomic E-state index is -0.527. The van der Waals surface area contributed by atoms with E-state index < -0.39 is 11.9 Å². The van der Waals surface area contributed by atoms with Crippen molar-refractivity contribution in [3.8, 4) is 0 Å². The number of nitrogens with two attached hydrogens (primary N) is 1. The van der Waals surface area contributed by atoms with Crippen molar-refractivity contribution in [2.24, 2.45) is 5.73 Å². The lowest BCUT2D eigenvalue weighted by atomic mass is 10.1. The standard InChI is InChI=1S/C16H16FN3O2/c1-10(11-2-6-13(17)7-3-11)19-16(22)20-14-8-4-12(5-9-14)15(18)21/h2-10H,1H3,(H2,18,21)(H2,19,20,22). The Balaban J connectivity index is 1.94. The molecule has 0 saturated heterocycles. The molecule has 2 aromatic carbocycles. The van der Waals surface area contributed by atoms with Gasteiger partial charge in [-0.25, -0.2) is 9.18 Å². The summed E-state index contributed by atoms with van der Waals surface area (Å²) in [6.07, 6.45) is 0. The molecule has 1 unspecified atom stereocenters. The van der Waals surface area contributed by atoms with Gasteiger partial charge in [0.25, 0.3) is 0 Å². The molecule has 6 heteroatoms. The van der Waals surface area contributed by atoms with Crippen molar-refractivity contribution in [2.75, 3.05) is 5.32 Å². The zero-order valence-corrected chi connectivity index (χ0v) is 12.0. The number of rotatable bonds is 4. The highest BCUT2D eigenvalue weighted by Gasteiger charge is 2.10. The smallest absolute Gasteiger partial charge is 0.319 e. The van der Waals surface area contributed by atoms with E-state index in [0.717, 1.165) is 5.56 Å². The van der Waals surface area contributed by atoms with Crippen LogP contribution in [0.3, 0.4) is 0 Å². The SMILES string of the molecule is CC(NC(=O)Nc1ccc(C(N)=O)cc1)c1ccc(F)cc1. The lowest BCUT2D eigenvalue weighted by molar-refractivity contribution is 0.100. The number of primary amides is 1. The molecule has 2 aromatic rings. The third kappa shape index (κ3) is 4.05. The summed E-state index contributed by atoms with van der Waals surface area (Å²) in [7, 11) is 0. The number of anilines is 1. The maximum absolute atomic E-state index is 12.9. The Morgan fingerprint density at radius 1 is 1.05 bits per heavy atom. The Hall–Kier alpha value is -2.89. The van der Waals surface area contributed by atoms with Crippen LogP contribution in [0.4, 0.5) is 14.9 Å². The first-order valence-corrected chi connectivity index (χ1v) is 6.68. The fourth-order valence-corrected chi connectivity index (χ4v) is 1.92. The minimum absolute atomic E-state index is 0.273. The predicted molar refractivity (Wildman–Crippen MR) is 81.9 cm³/mol. The summed E-state index contributed by atoms with van der Waals surface area (Å²) < 4.78 is 12.9. The maximum Gasteiger partial charge on any atom is 0.319 e. The van der Waals surface area contributed by atoms with E-state index in [1.54, 1.807) is 31.2 Å². The summed E-state index contributed by atoms with van der Waals surface area (Å²) in [4.78, 5) is 22.9. The maximum atomic E-state index is 12.9. The molecule has 0 aliphatic heterocycles. The van der Waals surface area contributed by atoms with Crippen molar-refractivity contribution in [3.05, 3.63) is 65.5 Å². The molecular weight excluding hydrogens is 285 g/mol. The number of halogens is 1. The quantitative estimate of drug-likeness (QED) is 0.811. The van der Waals surface area contributed by atoms with E-state index in [-0.39, 0.29) is 11.9 Å². The molecule has 5 nitrogen and oxygen atoms in total. The molecular formula is C16H16FN3O2. The number of carbonyl (C=O) groups excluding carboxylic acids is 2. The molecule has 1 atom stereocenters. The zero-order valence-electron chi connectivity index (χ0n) is 12.0. The predicted octanol–water partition coefficient (Wildman–Crippen LogP) is 2.81. The van der Waals surface area contributed by atoms with E-state index in [2.05, 4.69) is 10.6 Å². The van der Waals surface area contributed by atoms with Crippen LogP contribution in [-0.4, -0.2) is 11.9 Å². The Morgan fingerprint density at radius 2 is 1.64 bits per heavy atom. The van der Waals surface area contributed by atoms with Crippen LogP contribution in [0.5, 0.6) is 0 Å². The fourth-order valence-electron chi connectivity index (χ4n) is 1.92. The number of benzene rings is 2. The van der Waals surface area contributed by atoms with Gasteiger partial charge in [0.15, 0.2) is 0 Å². The molecule has 0 aliphatic rings. The van der Waals surface area contributed by atoms with Crippen molar-refractivity contribution in [2.45, 2.75) is 13.0 Å². The molecule has 0 heterocycles. The molecule has 4 N–H and O–H groups in total. The van der Waals surface area contributed by atoms with Gasteiger partial charge in [-0.15, -0.1) is 0 Å².